The number of methoxy groups -OCH3 is 1. The van der Waals surface area contributed by atoms with Gasteiger partial charge in [0.1, 0.15) is 0 Å². The Kier molecular flexibility index (Phi) is 2.79. The van der Waals surface area contributed by atoms with Crippen LogP contribution in [0.25, 0.3) is 6.08 Å². The molecule has 0 amide bonds. The van der Waals surface area contributed by atoms with Crippen molar-refractivity contribution in [2.45, 2.75) is 0 Å². The van der Waals surface area contributed by atoms with E-state index in [0.717, 1.165) is 0 Å². The molecule has 0 N–H and O–H groups in total. The number of rotatable bonds is 2. The number of ether oxygens (including phenoxy) is 1. The Labute approximate surface area is 70.1 Å². The van der Waals surface area contributed by atoms with Gasteiger partial charge in [-0.15, -0.1) is 10.2 Å². The molecule has 0 aromatic carbocycles. The first-order valence-electron chi connectivity index (χ1n) is 3.30. The first kappa shape index (κ1) is 8.21. The molecule has 0 atom stereocenters. The van der Waals surface area contributed by atoms with Crippen LogP contribution < -0.4 is 4.74 Å². The molecule has 60 valence electrons. The molecular formula is C8H7N3O. The molecule has 1 heterocycles. The maximum Gasteiger partial charge on any atom is 0.233 e. The van der Waals surface area contributed by atoms with E-state index < -0.39 is 0 Å². The fourth-order valence-electron chi connectivity index (χ4n) is 0.651. The van der Waals surface area contributed by atoms with E-state index in [4.69, 9.17) is 10.00 Å². The van der Waals surface area contributed by atoms with Gasteiger partial charge < -0.3 is 4.74 Å². The van der Waals surface area contributed by atoms with Crippen LogP contribution in [0.3, 0.4) is 0 Å². The first-order chi connectivity index (χ1) is 5.86. The van der Waals surface area contributed by atoms with E-state index in [1.807, 2.05) is 6.07 Å². The molecule has 0 aliphatic rings. The van der Waals surface area contributed by atoms with Gasteiger partial charge in [0.05, 0.1) is 18.9 Å². The molecule has 12 heavy (non-hydrogen) atoms. The van der Waals surface area contributed by atoms with E-state index in [1.54, 1.807) is 18.2 Å². The summed E-state index contributed by atoms with van der Waals surface area (Å²) in [6.07, 6.45) is 2.92. The van der Waals surface area contributed by atoms with Crippen molar-refractivity contribution in [1.29, 1.82) is 5.26 Å². The van der Waals surface area contributed by atoms with Gasteiger partial charge in [-0.25, -0.2) is 0 Å². The zero-order valence-electron chi connectivity index (χ0n) is 6.56. The summed E-state index contributed by atoms with van der Waals surface area (Å²) in [7, 11) is 1.52. The summed E-state index contributed by atoms with van der Waals surface area (Å²) < 4.78 is 4.81. The third-order valence-corrected chi connectivity index (χ3v) is 1.20. The van der Waals surface area contributed by atoms with Crippen LogP contribution >= 0.6 is 0 Å². The Bertz CT molecular complexity index is 310. The molecule has 0 radical (unpaired) electrons. The molecule has 0 fully saturated rings. The average molecular weight is 161 g/mol. The molecule has 0 aliphatic carbocycles. The minimum atomic E-state index is 0.462. The van der Waals surface area contributed by atoms with Crippen LogP contribution in [0, 0.1) is 11.3 Å². The van der Waals surface area contributed by atoms with Crippen LogP contribution in [0.1, 0.15) is 5.69 Å². The number of nitrogens with zero attached hydrogens (tertiary/aromatic N) is 3. The third kappa shape index (κ3) is 2.06. The van der Waals surface area contributed by atoms with Crippen molar-refractivity contribution in [3.63, 3.8) is 0 Å². The lowest BCUT2D eigenvalue weighted by Gasteiger charge is -1.95. The summed E-state index contributed by atoms with van der Waals surface area (Å²) in [5.41, 5.74) is 0.636. The van der Waals surface area contributed by atoms with Gasteiger partial charge in [0, 0.05) is 12.1 Å². The van der Waals surface area contributed by atoms with Gasteiger partial charge >= 0.3 is 0 Å². The van der Waals surface area contributed by atoms with E-state index in [2.05, 4.69) is 10.2 Å². The van der Waals surface area contributed by atoms with E-state index in [1.165, 1.54) is 13.2 Å². The SMILES string of the molecule is COc1ccc(C=CC#N)nn1. The van der Waals surface area contributed by atoms with Crippen LogP contribution in [0.5, 0.6) is 5.88 Å². The number of aromatic nitrogens is 2. The predicted octanol–water partition coefficient (Wildman–Crippen LogP) is 1.02. The highest BCUT2D eigenvalue weighted by molar-refractivity contribution is 5.46. The van der Waals surface area contributed by atoms with Gasteiger partial charge in [-0.05, 0) is 12.1 Å². The molecule has 0 saturated heterocycles. The summed E-state index contributed by atoms with van der Waals surface area (Å²) in [6, 6.07) is 5.27. The molecule has 1 rings (SSSR count). The fourth-order valence-corrected chi connectivity index (χ4v) is 0.651. The molecule has 4 heteroatoms. The molecule has 0 bridgehead atoms. The lowest BCUT2D eigenvalue weighted by atomic mass is 10.3. The monoisotopic (exact) mass is 161 g/mol. The third-order valence-electron chi connectivity index (χ3n) is 1.20. The summed E-state index contributed by atoms with van der Waals surface area (Å²) in [4.78, 5) is 0. The Morgan fingerprint density at radius 3 is 2.83 bits per heavy atom. The molecule has 0 saturated carbocycles. The van der Waals surface area contributed by atoms with Crippen molar-refractivity contribution in [2.75, 3.05) is 7.11 Å². The van der Waals surface area contributed by atoms with Crippen LogP contribution in [-0.4, -0.2) is 17.3 Å². The van der Waals surface area contributed by atoms with Gasteiger partial charge in [0.15, 0.2) is 0 Å². The van der Waals surface area contributed by atoms with Gasteiger partial charge in [-0.1, -0.05) is 0 Å². The molecular weight excluding hydrogens is 154 g/mol. The van der Waals surface area contributed by atoms with E-state index in [0.29, 0.717) is 11.6 Å². The Morgan fingerprint density at radius 2 is 2.33 bits per heavy atom. The summed E-state index contributed by atoms with van der Waals surface area (Å²) in [6.45, 7) is 0. The fraction of sp³-hybridized carbons (Fsp3) is 0.125. The molecule has 0 unspecified atom stereocenters. The average Bonchev–Trinajstić information content (AvgIpc) is 2.15. The first-order valence-corrected chi connectivity index (χ1v) is 3.30. The molecule has 0 spiro atoms. The largest absolute Gasteiger partial charge is 0.480 e. The second kappa shape index (κ2) is 4.09. The Morgan fingerprint density at radius 1 is 1.50 bits per heavy atom. The quantitative estimate of drug-likeness (QED) is 0.607. The molecule has 1 aromatic heterocycles. The Hall–Kier alpha value is -1.89. The summed E-state index contributed by atoms with van der Waals surface area (Å²) in [5, 5.41) is 15.7. The van der Waals surface area contributed by atoms with Crippen molar-refractivity contribution < 1.29 is 4.74 Å². The van der Waals surface area contributed by atoms with Crippen LogP contribution in [0.15, 0.2) is 18.2 Å². The van der Waals surface area contributed by atoms with Gasteiger partial charge in [0.2, 0.25) is 5.88 Å². The number of hydrogen-bond donors (Lipinski definition) is 0. The van der Waals surface area contributed by atoms with Crippen LogP contribution in [0.4, 0.5) is 0 Å². The predicted molar refractivity (Wildman–Crippen MR) is 43.2 cm³/mol. The van der Waals surface area contributed by atoms with Gasteiger partial charge in [-0.2, -0.15) is 5.26 Å². The number of allylic oxidation sites excluding steroid dienone is 1. The zero-order chi connectivity index (χ0) is 8.81. The number of hydrogen-bond acceptors (Lipinski definition) is 4. The van der Waals surface area contributed by atoms with Crippen LogP contribution in [-0.2, 0) is 0 Å². The van der Waals surface area contributed by atoms with E-state index in [-0.39, 0.29) is 0 Å². The minimum absolute atomic E-state index is 0.462. The van der Waals surface area contributed by atoms with E-state index >= 15 is 0 Å². The zero-order valence-corrected chi connectivity index (χ0v) is 6.56. The van der Waals surface area contributed by atoms with Crippen molar-refractivity contribution in [1.82, 2.24) is 10.2 Å². The number of nitriles is 1. The maximum absolute atomic E-state index is 8.22. The van der Waals surface area contributed by atoms with Crippen molar-refractivity contribution in [3.8, 4) is 11.9 Å². The summed E-state index contributed by atoms with van der Waals surface area (Å²) >= 11 is 0. The Balaban J connectivity index is 2.79. The second-order valence-corrected chi connectivity index (χ2v) is 1.96. The topological polar surface area (TPSA) is 58.8 Å². The van der Waals surface area contributed by atoms with Crippen molar-refractivity contribution in [2.24, 2.45) is 0 Å². The van der Waals surface area contributed by atoms with Crippen molar-refractivity contribution in [3.05, 3.63) is 23.9 Å². The van der Waals surface area contributed by atoms with Gasteiger partial charge in [-0.3, -0.25) is 0 Å². The highest BCUT2D eigenvalue weighted by Gasteiger charge is 1.91. The standard InChI is InChI=1S/C8H7N3O/c1-12-8-5-4-7(10-11-8)3-2-6-9/h2-5H,1H3. The van der Waals surface area contributed by atoms with Gasteiger partial charge in [0.25, 0.3) is 0 Å². The highest BCUT2D eigenvalue weighted by atomic mass is 16.5. The lowest BCUT2D eigenvalue weighted by Crippen LogP contribution is -1.90. The van der Waals surface area contributed by atoms with Crippen molar-refractivity contribution >= 4 is 6.08 Å². The molecule has 1 aromatic rings. The normalized spacial score (nSPS) is 9.67. The van der Waals surface area contributed by atoms with E-state index in [9.17, 15) is 0 Å². The minimum Gasteiger partial charge on any atom is -0.480 e. The van der Waals surface area contributed by atoms with Crippen LogP contribution in [0.2, 0.25) is 0 Å². The molecule has 4 nitrogen and oxygen atoms in total. The molecule has 0 aliphatic heterocycles. The lowest BCUT2D eigenvalue weighted by molar-refractivity contribution is 0.392. The highest BCUT2D eigenvalue weighted by Crippen LogP contribution is 2.04. The second-order valence-electron chi connectivity index (χ2n) is 1.96. The maximum atomic E-state index is 8.22. The smallest absolute Gasteiger partial charge is 0.233 e. The summed E-state index contributed by atoms with van der Waals surface area (Å²) in [5.74, 6) is 0.462.